The molecule has 5 heteroatoms. The molecule has 0 bridgehead atoms. The van der Waals surface area contributed by atoms with E-state index in [1.165, 1.54) is 0 Å². The number of nitrogens with zero attached hydrogens (tertiary/aromatic N) is 3. The monoisotopic (exact) mass is 281 g/mol. The molecule has 0 saturated heterocycles. The van der Waals surface area contributed by atoms with Crippen LogP contribution in [0.15, 0.2) is 12.3 Å². The van der Waals surface area contributed by atoms with E-state index in [1.54, 1.807) is 7.11 Å². The van der Waals surface area contributed by atoms with E-state index in [1.807, 2.05) is 12.3 Å². The fourth-order valence-corrected chi connectivity index (χ4v) is 2.61. The minimum absolute atomic E-state index is 0.203. The van der Waals surface area contributed by atoms with Gasteiger partial charge >= 0.3 is 0 Å². The number of imidazole rings is 1. The number of hydrogen-bond donors (Lipinski definition) is 0. The second-order valence-electron chi connectivity index (χ2n) is 5.35. The molecule has 0 unspecified atom stereocenters. The molecule has 0 saturated carbocycles. The molecule has 104 valence electrons. The highest BCUT2D eigenvalue weighted by molar-refractivity contribution is 6.17. The predicted octanol–water partition coefficient (Wildman–Crippen LogP) is 2.90. The van der Waals surface area contributed by atoms with Crippen molar-refractivity contribution in [2.75, 3.05) is 19.6 Å². The van der Waals surface area contributed by atoms with Crippen molar-refractivity contribution in [3.63, 3.8) is 0 Å². The predicted molar refractivity (Wildman–Crippen MR) is 77.9 cm³/mol. The minimum atomic E-state index is -0.203. The molecule has 0 fully saturated rings. The van der Waals surface area contributed by atoms with Gasteiger partial charge in [-0.25, -0.2) is 9.97 Å². The SMILES string of the molecule is COCC(C)(C)n1c(CCCl)nc2c(C)ccnc21. The summed E-state index contributed by atoms with van der Waals surface area (Å²) >= 11 is 5.90. The summed E-state index contributed by atoms with van der Waals surface area (Å²) in [5, 5.41) is 0. The van der Waals surface area contributed by atoms with E-state index in [2.05, 4.69) is 30.3 Å². The molecule has 2 aromatic heterocycles. The van der Waals surface area contributed by atoms with Crippen molar-refractivity contribution >= 4 is 22.8 Å². The summed E-state index contributed by atoms with van der Waals surface area (Å²) in [6.07, 6.45) is 2.55. The summed E-state index contributed by atoms with van der Waals surface area (Å²) in [6.45, 7) is 6.90. The Morgan fingerprint density at radius 2 is 2.16 bits per heavy atom. The highest BCUT2D eigenvalue weighted by Crippen LogP contribution is 2.26. The average molecular weight is 282 g/mol. The van der Waals surface area contributed by atoms with Gasteiger partial charge in [0.2, 0.25) is 0 Å². The Kier molecular flexibility index (Phi) is 4.11. The van der Waals surface area contributed by atoms with Gasteiger partial charge in [0.05, 0.1) is 12.1 Å². The Morgan fingerprint density at radius 1 is 1.42 bits per heavy atom. The Balaban J connectivity index is 2.68. The zero-order valence-electron chi connectivity index (χ0n) is 11.9. The molecule has 0 aliphatic carbocycles. The molecule has 0 spiro atoms. The van der Waals surface area contributed by atoms with Crippen LogP contribution < -0.4 is 0 Å². The van der Waals surface area contributed by atoms with Crippen LogP contribution in [0, 0.1) is 6.92 Å². The maximum atomic E-state index is 5.90. The van der Waals surface area contributed by atoms with Crippen LogP contribution in [-0.2, 0) is 16.7 Å². The molecular weight excluding hydrogens is 262 g/mol. The van der Waals surface area contributed by atoms with Crippen molar-refractivity contribution in [2.24, 2.45) is 0 Å². The second-order valence-corrected chi connectivity index (χ2v) is 5.73. The smallest absolute Gasteiger partial charge is 0.160 e. The Morgan fingerprint density at radius 3 is 2.79 bits per heavy atom. The Labute approximate surface area is 118 Å². The second kappa shape index (κ2) is 5.47. The summed E-state index contributed by atoms with van der Waals surface area (Å²) in [4.78, 5) is 9.21. The van der Waals surface area contributed by atoms with Crippen LogP contribution in [0.5, 0.6) is 0 Å². The lowest BCUT2D eigenvalue weighted by Gasteiger charge is -2.28. The van der Waals surface area contributed by atoms with Crippen LogP contribution in [0.4, 0.5) is 0 Å². The summed E-state index contributed by atoms with van der Waals surface area (Å²) < 4.78 is 7.49. The number of hydrogen-bond acceptors (Lipinski definition) is 3. The van der Waals surface area contributed by atoms with Crippen molar-refractivity contribution in [2.45, 2.75) is 32.7 Å². The normalized spacial score (nSPS) is 12.3. The first-order valence-corrected chi connectivity index (χ1v) is 6.93. The van der Waals surface area contributed by atoms with Crippen molar-refractivity contribution in [3.05, 3.63) is 23.7 Å². The van der Waals surface area contributed by atoms with Crippen LogP contribution in [0.2, 0.25) is 0 Å². The maximum Gasteiger partial charge on any atom is 0.160 e. The lowest BCUT2D eigenvalue weighted by atomic mass is 10.1. The molecule has 2 aromatic rings. The fraction of sp³-hybridized carbons (Fsp3) is 0.571. The lowest BCUT2D eigenvalue weighted by Crippen LogP contribution is -2.33. The number of ether oxygens (including phenoxy) is 1. The number of fused-ring (bicyclic) bond motifs is 1. The molecule has 0 aromatic carbocycles. The van der Waals surface area contributed by atoms with Gasteiger partial charge in [-0.3, -0.25) is 0 Å². The van der Waals surface area contributed by atoms with Gasteiger partial charge in [-0.05, 0) is 32.4 Å². The van der Waals surface area contributed by atoms with Gasteiger partial charge < -0.3 is 9.30 Å². The standard InChI is InChI=1S/C14H20ClN3O/c1-10-6-8-16-13-12(10)17-11(5-7-15)18(13)14(2,3)9-19-4/h6,8H,5,7,9H2,1-4H3. The van der Waals surface area contributed by atoms with E-state index >= 15 is 0 Å². The molecule has 0 atom stereocenters. The quantitative estimate of drug-likeness (QED) is 0.791. The van der Waals surface area contributed by atoms with Crippen LogP contribution in [-0.4, -0.2) is 34.1 Å². The number of methoxy groups -OCH3 is 1. The molecule has 2 rings (SSSR count). The van der Waals surface area contributed by atoms with Gasteiger partial charge in [-0.1, -0.05) is 0 Å². The number of aromatic nitrogens is 3. The molecule has 0 aliphatic heterocycles. The number of halogens is 1. The summed E-state index contributed by atoms with van der Waals surface area (Å²) in [5.41, 5.74) is 2.79. The zero-order chi connectivity index (χ0) is 14.0. The molecule has 19 heavy (non-hydrogen) atoms. The summed E-state index contributed by atoms with van der Waals surface area (Å²) in [5.74, 6) is 1.51. The molecular formula is C14H20ClN3O. The van der Waals surface area contributed by atoms with Gasteiger partial charge in [0, 0.05) is 25.6 Å². The highest BCUT2D eigenvalue weighted by Gasteiger charge is 2.27. The van der Waals surface area contributed by atoms with E-state index in [-0.39, 0.29) is 5.54 Å². The zero-order valence-corrected chi connectivity index (χ0v) is 12.7. The van der Waals surface area contributed by atoms with Gasteiger partial charge in [0.1, 0.15) is 11.3 Å². The fourth-order valence-electron chi connectivity index (χ4n) is 2.45. The van der Waals surface area contributed by atoms with Crippen molar-refractivity contribution < 1.29 is 4.74 Å². The third-order valence-corrected chi connectivity index (χ3v) is 3.43. The number of rotatable bonds is 5. The van der Waals surface area contributed by atoms with Crippen molar-refractivity contribution in [3.8, 4) is 0 Å². The first-order chi connectivity index (χ1) is 9.01. The van der Waals surface area contributed by atoms with E-state index < -0.39 is 0 Å². The molecule has 0 amide bonds. The maximum absolute atomic E-state index is 5.90. The Hall–Kier alpha value is -1.13. The van der Waals surface area contributed by atoms with Crippen LogP contribution in [0.3, 0.4) is 0 Å². The largest absolute Gasteiger partial charge is 0.382 e. The third-order valence-electron chi connectivity index (χ3n) is 3.24. The van der Waals surface area contributed by atoms with Crippen molar-refractivity contribution in [1.29, 1.82) is 0 Å². The Bertz CT molecular complexity index is 577. The van der Waals surface area contributed by atoms with E-state index in [0.29, 0.717) is 12.5 Å². The number of alkyl halides is 1. The van der Waals surface area contributed by atoms with Gasteiger partial charge in [0.15, 0.2) is 5.65 Å². The highest BCUT2D eigenvalue weighted by atomic mass is 35.5. The topological polar surface area (TPSA) is 39.9 Å². The molecule has 0 aliphatic rings. The van der Waals surface area contributed by atoms with Gasteiger partial charge in [-0.2, -0.15) is 0 Å². The van der Waals surface area contributed by atoms with Crippen molar-refractivity contribution in [1.82, 2.24) is 14.5 Å². The molecule has 0 radical (unpaired) electrons. The van der Waals surface area contributed by atoms with E-state index in [0.717, 1.165) is 29.0 Å². The number of aryl methyl sites for hydroxylation is 2. The van der Waals surface area contributed by atoms with Crippen LogP contribution in [0.25, 0.3) is 11.2 Å². The summed E-state index contributed by atoms with van der Waals surface area (Å²) in [7, 11) is 1.71. The lowest BCUT2D eigenvalue weighted by molar-refractivity contribution is 0.110. The molecule has 2 heterocycles. The van der Waals surface area contributed by atoms with E-state index in [9.17, 15) is 0 Å². The van der Waals surface area contributed by atoms with E-state index in [4.69, 9.17) is 21.3 Å². The molecule has 0 N–H and O–H groups in total. The van der Waals surface area contributed by atoms with Gasteiger partial charge in [-0.15, -0.1) is 11.6 Å². The summed E-state index contributed by atoms with van der Waals surface area (Å²) in [6, 6.07) is 1.98. The minimum Gasteiger partial charge on any atom is -0.382 e. The van der Waals surface area contributed by atoms with Gasteiger partial charge in [0.25, 0.3) is 0 Å². The molecule has 4 nitrogen and oxygen atoms in total. The first-order valence-electron chi connectivity index (χ1n) is 6.39. The third kappa shape index (κ3) is 2.60. The van der Waals surface area contributed by atoms with Crippen LogP contribution >= 0.6 is 11.6 Å². The first kappa shape index (κ1) is 14.3. The average Bonchev–Trinajstić information content (AvgIpc) is 2.70. The number of pyridine rings is 1. The van der Waals surface area contributed by atoms with Crippen LogP contribution in [0.1, 0.15) is 25.2 Å².